The second-order valence-electron chi connectivity index (χ2n) is 4.62. The molecule has 0 aliphatic rings. The van der Waals surface area contributed by atoms with Crippen molar-refractivity contribution in [2.24, 2.45) is 0 Å². The predicted molar refractivity (Wildman–Crippen MR) is 83.6 cm³/mol. The average Bonchev–Trinajstić information content (AvgIpc) is 2.53. The Morgan fingerprint density at radius 3 is 2.33 bits per heavy atom. The molecule has 2 rings (SSSR count). The van der Waals surface area contributed by atoms with Gasteiger partial charge in [-0.2, -0.15) is 0 Å². The van der Waals surface area contributed by atoms with Crippen molar-refractivity contribution in [1.29, 1.82) is 0 Å². The van der Waals surface area contributed by atoms with Crippen LogP contribution in [-0.2, 0) is 6.42 Å². The molecule has 0 amide bonds. The van der Waals surface area contributed by atoms with Crippen LogP contribution in [0.3, 0.4) is 0 Å². The summed E-state index contributed by atoms with van der Waals surface area (Å²) in [7, 11) is 3.18. The quantitative estimate of drug-likeness (QED) is 0.751. The van der Waals surface area contributed by atoms with Gasteiger partial charge in [-0.1, -0.05) is 23.7 Å². The molecule has 0 unspecified atom stereocenters. The summed E-state index contributed by atoms with van der Waals surface area (Å²) in [6.07, 6.45) is 1.13. The van der Waals surface area contributed by atoms with Gasteiger partial charge in [-0.15, -0.1) is 0 Å². The fourth-order valence-electron chi connectivity index (χ4n) is 2.03. The van der Waals surface area contributed by atoms with Crippen LogP contribution in [0.5, 0.6) is 11.5 Å². The van der Waals surface area contributed by atoms with E-state index in [-0.39, 0.29) is 5.78 Å². The largest absolute Gasteiger partial charge is 0.497 e. The van der Waals surface area contributed by atoms with Crippen LogP contribution in [0.2, 0.25) is 5.02 Å². The summed E-state index contributed by atoms with van der Waals surface area (Å²) in [5, 5.41) is 0.452. The molecule has 0 aromatic heterocycles. The minimum atomic E-state index is 0.0652. The van der Waals surface area contributed by atoms with Crippen molar-refractivity contribution in [2.45, 2.75) is 12.8 Å². The zero-order valence-corrected chi connectivity index (χ0v) is 12.8. The molecule has 0 bridgehead atoms. The summed E-state index contributed by atoms with van der Waals surface area (Å²) in [6.45, 7) is 0. The highest BCUT2D eigenvalue weighted by atomic mass is 35.5. The molecule has 0 N–H and O–H groups in total. The Morgan fingerprint density at radius 2 is 1.76 bits per heavy atom. The summed E-state index contributed by atoms with van der Waals surface area (Å²) in [4.78, 5) is 12.2. The van der Waals surface area contributed by atoms with Crippen LogP contribution in [0, 0.1) is 0 Å². The summed E-state index contributed by atoms with van der Waals surface area (Å²) >= 11 is 6.03. The molecule has 0 aliphatic carbocycles. The number of carbonyl (C=O) groups is 1. The van der Waals surface area contributed by atoms with Crippen molar-refractivity contribution >= 4 is 17.4 Å². The Kier molecular flexibility index (Phi) is 5.23. The lowest BCUT2D eigenvalue weighted by molar-refractivity contribution is 0.0983. The topological polar surface area (TPSA) is 35.5 Å². The Morgan fingerprint density at radius 1 is 1.05 bits per heavy atom. The monoisotopic (exact) mass is 304 g/mol. The van der Waals surface area contributed by atoms with Gasteiger partial charge in [0.2, 0.25) is 0 Å². The summed E-state index contributed by atoms with van der Waals surface area (Å²) in [5.41, 5.74) is 1.71. The zero-order chi connectivity index (χ0) is 15.2. The third-order valence-electron chi connectivity index (χ3n) is 3.27. The number of methoxy groups -OCH3 is 2. The highest BCUT2D eigenvalue weighted by molar-refractivity contribution is 6.32. The smallest absolute Gasteiger partial charge is 0.163 e. The highest BCUT2D eigenvalue weighted by Crippen LogP contribution is 2.25. The maximum Gasteiger partial charge on any atom is 0.163 e. The van der Waals surface area contributed by atoms with Crippen molar-refractivity contribution in [3.05, 3.63) is 58.6 Å². The molecule has 21 heavy (non-hydrogen) atoms. The Bertz CT molecular complexity index is 620. The van der Waals surface area contributed by atoms with E-state index in [4.69, 9.17) is 21.1 Å². The summed E-state index contributed by atoms with van der Waals surface area (Å²) < 4.78 is 10.2. The maximum absolute atomic E-state index is 12.2. The fourth-order valence-corrected chi connectivity index (χ4v) is 2.29. The van der Waals surface area contributed by atoms with E-state index in [0.29, 0.717) is 29.2 Å². The standard InChI is InChI=1S/C17H17ClO3/c1-20-14-7-3-12(4-8-14)5-9-16(19)13-6-10-17(21-2)15(18)11-13/h3-4,6-8,10-11H,5,9H2,1-2H3. The van der Waals surface area contributed by atoms with E-state index < -0.39 is 0 Å². The van der Waals surface area contributed by atoms with Crippen LogP contribution in [0.4, 0.5) is 0 Å². The minimum absolute atomic E-state index is 0.0652. The summed E-state index contributed by atoms with van der Waals surface area (Å²) in [6, 6.07) is 12.8. The molecule has 4 heteroatoms. The van der Waals surface area contributed by atoms with E-state index in [9.17, 15) is 4.79 Å². The normalized spacial score (nSPS) is 10.2. The molecule has 0 saturated heterocycles. The van der Waals surface area contributed by atoms with Crippen molar-refractivity contribution < 1.29 is 14.3 Å². The van der Waals surface area contributed by atoms with Crippen molar-refractivity contribution in [3.63, 3.8) is 0 Å². The lowest BCUT2D eigenvalue weighted by Crippen LogP contribution is -2.01. The molecule has 3 nitrogen and oxygen atoms in total. The van der Waals surface area contributed by atoms with Gasteiger partial charge in [0.15, 0.2) is 5.78 Å². The number of carbonyl (C=O) groups excluding carboxylic acids is 1. The van der Waals surface area contributed by atoms with Crippen LogP contribution >= 0.6 is 11.6 Å². The van der Waals surface area contributed by atoms with E-state index in [1.165, 1.54) is 0 Å². The molecule has 0 spiro atoms. The predicted octanol–water partition coefficient (Wildman–Crippen LogP) is 4.17. The minimum Gasteiger partial charge on any atom is -0.497 e. The molecular weight excluding hydrogens is 288 g/mol. The first-order chi connectivity index (χ1) is 10.1. The number of Topliss-reactive ketones (excluding diaryl/α,β-unsaturated/α-hetero) is 1. The molecule has 2 aromatic carbocycles. The number of ketones is 1. The number of hydrogen-bond donors (Lipinski definition) is 0. The highest BCUT2D eigenvalue weighted by Gasteiger charge is 2.09. The van der Waals surface area contributed by atoms with Gasteiger partial charge in [-0.25, -0.2) is 0 Å². The number of benzene rings is 2. The van der Waals surface area contributed by atoms with E-state index in [1.54, 1.807) is 32.4 Å². The average molecular weight is 305 g/mol. The summed E-state index contributed by atoms with van der Waals surface area (Å²) in [5.74, 6) is 1.45. The molecule has 2 aromatic rings. The van der Waals surface area contributed by atoms with Crippen molar-refractivity contribution in [1.82, 2.24) is 0 Å². The maximum atomic E-state index is 12.2. The SMILES string of the molecule is COc1ccc(CCC(=O)c2ccc(OC)c(Cl)c2)cc1. The van der Waals surface area contributed by atoms with Crippen molar-refractivity contribution in [2.75, 3.05) is 14.2 Å². The van der Waals surface area contributed by atoms with Crippen LogP contribution in [0.15, 0.2) is 42.5 Å². The third-order valence-corrected chi connectivity index (χ3v) is 3.57. The molecule has 0 radical (unpaired) electrons. The molecular formula is C17H17ClO3. The van der Waals surface area contributed by atoms with E-state index in [2.05, 4.69) is 0 Å². The fraction of sp³-hybridized carbons (Fsp3) is 0.235. The first-order valence-electron chi connectivity index (χ1n) is 6.63. The van der Waals surface area contributed by atoms with Gasteiger partial charge >= 0.3 is 0 Å². The first-order valence-corrected chi connectivity index (χ1v) is 7.01. The number of aryl methyl sites for hydroxylation is 1. The molecule has 0 atom stereocenters. The number of rotatable bonds is 6. The third kappa shape index (κ3) is 3.99. The van der Waals surface area contributed by atoms with Gasteiger partial charge in [0.1, 0.15) is 11.5 Å². The first kappa shape index (κ1) is 15.4. The van der Waals surface area contributed by atoms with E-state index in [0.717, 1.165) is 11.3 Å². The van der Waals surface area contributed by atoms with Crippen LogP contribution in [0.1, 0.15) is 22.3 Å². The number of ether oxygens (including phenoxy) is 2. The van der Waals surface area contributed by atoms with E-state index >= 15 is 0 Å². The molecule has 0 aliphatic heterocycles. The second kappa shape index (κ2) is 7.14. The number of hydrogen-bond acceptors (Lipinski definition) is 3. The lowest BCUT2D eigenvalue weighted by atomic mass is 10.0. The van der Waals surface area contributed by atoms with Crippen LogP contribution in [0.25, 0.3) is 0 Å². The van der Waals surface area contributed by atoms with E-state index in [1.807, 2.05) is 24.3 Å². The van der Waals surface area contributed by atoms with Gasteiger partial charge in [0.25, 0.3) is 0 Å². The van der Waals surface area contributed by atoms with Crippen molar-refractivity contribution in [3.8, 4) is 11.5 Å². The van der Waals surface area contributed by atoms with Gasteiger partial charge in [0.05, 0.1) is 19.2 Å². The second-order valence-corrected chi connectivity index (χ2v) is 5.03. The van der Waals surface area contributed by atoms with Gasteiger partial charge in [0, 0.05) is 12.0 Å². The lowest BCUT2D eigenvalue weighted by Gasteiger charge is -2.06. The molecule has 110 valence electrons. The van der Waals surface area contributed by atoms with Gasteiger partial charge < -0.3 is 9.47 Å². The zero-order valence-electron chi connectivity index (χ0n) is 12.1. The molecule has 0 heterocycles. The van der Waals surface area contributed by atoms with Crippen LogP contribution in [-0.4, -0.2) is 20.0 Å². The van der Waals surface area contributed by atoms with Gasteiger partial charge in [-0.05, 0) is 42.3 Å². The Labute approximate surface area is 129 Å². The molecule has 0 saturated carbocycles. The Balaban J connectivity index is 1.99. The number of halogens is 1. The van der Waals surface area contributed by atoms with Crippen LogP contribution < -0.4 is 9.47 Å². The van der Waals surface area contributed by atoms with Gasteiger partial charge in [-0.3, -0.25) is 4.79 Å². The Hall–Kier alpha value is -2.00. The molecule has 0 fully saturated rings.